The van der Waals surface area contributed by atoms with Crippen LogP contribution >= 0.6 is 0 Å². The minimum atomic E-state index is -0.624. The van der Waals surface area contributed by atoms with Gasteiger partial charge in [0.25, 0.3) is 0 Å². The average molecular weight is 241 g/mol. The van der Waals surface area contributed by atoms with Crippen molar-refractivity contribution < 1.29 is 14.6 Å². The van der Waals surface area contributed by atoms with Crippen molar-refractivity contribution >= 4 is 5.97 Å². The van der Waals surface area contributed by atoms with Gasteiger partial charge in [-0.3, -0.25) is 9.69 Å². The molecule has 1 saturated carbocycles. The first-order chi connectivity index (χ1) is 8.08. The molecule has 0 aromatic rings. The lowest BCUT2D eigenvalue weighted by Gasteiger charge is -2.43. The first kappa shape index (κ1) is 12.8. The first-order valence-electron chi connectivity index (χ1n) is 6.66. The van der Waals surface area contributed by atoms with E-state index in [1.807, 2.05) is 0 Å². The van der Waals surface area contributed by atoms with Gasteiger partial charge in [0.05, 0.1) is 18.6 Å². The van der Waals surface area contributed by atoms with Crippen molar-refractivity contribution in [1.82, 2.24) is 4.90 Å². The lowest BCUT2D eigenvalue weighted by molar-refractivity contribution is -0.148. The van der Waals surface area contributed by atoms with E-state index in [9.17, 15) is 9.90 Å². The fourth-order valence-corrected chi connectivity index (χ4v) is 3.19. The van der Waals surface area contributed by atoms with Crippen LogP contribution in [-0.4, -0.2) is 47.8 Å². The summed E-state index contributed by atoms with van der Waals surface area (Å²) in [4.78, 5) is 13.7. The van der Waals surface area contributed by atoms with Gasteiger partial charge in [0, 0.05) is 19.1 Å². The summed E-state index contributed by atoms with van der Waals surface area (Å²) in [5, 5.41) is 9.33. The average Bonchev–Trinajstić information content (AvgIpc) is 2.28. The molecule has 1 aliphatic heterocycles. The molecule has 98 valence electrons. The zero-order valence-electron chi connectivity index (χ0n) is 10.8. The molecule has 17 heavy (non-hydrogen) atoms. The monoisotopic (exact) mass is 241 g/mol. The molecular weight excluding hydrogens is 218 g/mol. The van der Waals surface area contributed by atoms with Crippen LogP contribution in [0.15, 0.2) is 0 Å². The predicted molar refractivity (Wildman–Crippen MR) is 64.9 cm³/mol. The molecule has 2 fully saturated rings. The normalized spacial score (nSPS) is 40.1. The van der Waals surface area contributed by atoms with Gasteiger partial charge >= 0.3 is 5.97 Å². The van der Waals surface area contributed by atoms with Crippen LogP contribution in [0.5, 0.6) is 0 Å². The Morgan fingerprint density at radius 1 is 1.35 bits per heavy atom. The van der Waals surface area contributed by atoms with Crippen molar-refractivity contribution in [3.8, 4) is 0 Å². The molecule has 4 atom stereocenters. The van der Waals surface area contributed by atoms with Crippen molar-refractivity contribution in [1.29, 1.82) is 0 Å². The number of carbonyl (C=O) groups is 1. The van der Waals surface area contributed by atoms with Crippen LogP contribution in [0.4, 0.5) is 0 Å². The summed E-state index contributed by atoms with van der Waals surface area (Å²) in [6, 6.07) is 0.211. The van der Waals surface area contributed by atoms with Gasteiger partial charge in [-0.05, 0) is 32.1 Å². The minimum absolute atomic E-state index is 0.184. The molecule has 4 heteroatoms. The van der Waals surface area contributed by atoms with Crippen LogP contribution in [0.1, 0.15) is 33.1 Å². The summed E-state index contributed by atoms with van der Waals surface area (Å²) in [5.41, 5.74) is 0. The first-order valence-corrected chi connectivity index (χ1v) is 6.66. The topological polar surface area (TPSA) is 49.8 Å². The van der Waals surface area contributed by atoms with Crippen LogP contribution < -0.4 is 0 Å². The number of nitrogens with zero attached hydrogens (tertiary/aromatic N) is 1. The fraction of sp³-hybridized carbons (Fsp3) is 0.923. The second-order valence-corrected chi connectivity index (χ2v) is 5.61. The highest BCUT2D eigenvalue weighted by molar-refractivity contribution is 5.71. The van der Waals surface area contributed by atoms with E-state index in [0.29, 0.717) is 5.92 Å². The van der Waals surface area contributed by atoms with Crippen LogP contribution in [0.2, 0.25) is 0 Å². The molecule has 0 amide bonds. The summed E-state index contributed by atoms with van der Waals surface area (Å²) in [6.45, 7) is 6.79. The zero-order valence-corrected chi connectivity index (χ0v) is 10.8. The number of ether oxygens (including phenoxy) is 1. The Balaban J connectivity index is 2.05. The van der Waals surface area contributed by atoms with Crippen molar-refractivity contribution in [2.75, 3.05) is 19.7 Å². The maximum atomic E-state index is 11.3. The third kappa shape index (κ3) is 2.99. The van der Waals surface area contributed by atoms with Crippen molar-refractivity contribution in [2.24, 2.45) is 11.8 Å². The maximum absolute atomic E-state index is 11.3. The molecule has 2 aliphatic rings. The number of rotatable bonds is 2. The van der Waals surface area contributed by atoms with E-state index in [4.69, 9.17) is 4.74 Å². The van der Waals surface area contributed by atoms with Gasteiger partial charge in [-0.25, -0.2) is 0 Å². The van der Waals surface area contributed by atoms with Gasteiger partial charge in [-0.15, -0.1) is 0 Å². The van der Waals surface area contributed by atoms with Crippen LogP contribution in [-0.2, 0) is 9.53 Å². The van der Waals surface area contributed by atoms with Crippen molar-refractivity contribution in [3.63, 3.8) is 0 Å². The van der Waals surface area contributed by atoms with E-state index in [2.05, 4.69) is 18.7 Å². The molecule has 4 nitrogen and oxygen atoms in total. The van der Waals surface area contributed by atoms with E-state index in [-0.39, 0.29) is 18.1 Å². The Morgan fingerprint density at radius 3 is 2.76 bits per heavy atom. The summed E-state index contributed by atoms with van der Waals surface area (Å²) in [6.07, 6.45) is 3.12. The van der Waals surface area contributed by atoms with E-state index in [1.54, 1.807) is 0 Å². The smallest absolute Gasteiger partial charge is 0.308 e. The Bertz CT molecular complexity index is 282. The minimum Gasteiger partial charge on any atom is -0.481 e. The molecule has 1 N–H and O–H groups in total. The Kier molecular flexibility index (Phi) is 4.05. The predicted octanol–water partition coefficient (Wildman–Crippen LogP) is 1.60. The van der Waals surface area contributed by atoms with E-state index < -0.39 is 5.97 Å². The lowest BCUT2D eigenvalue weighted by atomic mass is 9.78. The Morgan fingerprint density at radius 2 is 2.12 bits per heavy atom. The van der Waals surface area contributed by atoms with Crippen LogP contribution in [0.25, 0.3) is 0 Å². The zero-order chi connectivity index (χ0) is 12.4. The number of carboxylic acids is 1. The third-order valence-corrected chi connectivity index (χ3v) is 4.14. The molecule has 2 rings (SSSR count). The number of hydrogen-bond acceptors (Lipinski definition) is 3. The number of aliphatic carboxylic acids is 1. The summed E-state index contributed by atoms with van der Waals surface area (Å²) < 4.78 is 5.53. The molecule has 1 saturated heterocycles. The molecule has 1 heterocycles. The molecule has 1 aliphatic carbocycles. The van der Waals surface area contributed by atoms with Gasteiger partial charge in [0.2, 0.25) is 0 Å². The van der Waals surface area contributed by atoms with Gasteiger partial charge in [0.1, 0.15) is 0 Å². The Labute approximate surface area is 103 Å². The SMILES string of the molecule is CC1CCC(C(=O)O)C(N2CCOC(C)C2)C1. The highest BCUT2D eigenvalue weighted by atomic mass is 16.5. The molecule has 0 bridgehead atoms. The standard InChI is InChI=1S/C13H23NO3/c1-9-3-4-11(13(15)16)12(7-9)14-5-6-17-10(2)8-14/h9-12H,3-8H2,1-2H3,(H,15,16). The molecule has 0 radical (unpaired) electrons. The number of carboxylic acid groups (broad SMARTS) is 1. The summed E-state index contributed by atoms with van der Waals surface area (Å²) in [5.74, 6) is -0.161. The third-order valence-electron chi connectivity index (χ3n) is 4.14. The van der Waals surface area contributed by atoms with Crippen LogP contribution in [0.3, 0.4) is 0 Å². The summed E-state index contributed by atoms with van der Waals surface area (Å²) >= 11 is 0. The molecule has 0 aromatic carbocycles. The quantitative estimate of drug-likeness (QED) is 0.797. The molecule has 4 unspecified atom stereocenters. The second-order valence-electron chi connectivity index (χ2n) is 5.61. The largest absolute Gasteiger partial charge is 0.481 e. The molecular formula is C13H23NO3. The number of hydrogen-bond donors (Lipinski definition) is 1. The van der Waals surface area contributed by atoms with Crippen molar-refractivity contribution in [2.45, 2.75) is 45.3 Å². The second kappa shape index (κ2) is 5.36. The molecule has 0 spiro atoms. The highest BCUT2D eigenvalue weighted by Crippen LogP contribution is 2.33. The van der Waals surface area contributed by atoms with Crippen molar-refractivity contribution in [3.05, 3.63) is 0 Å². The van der Waals surface area contributed by atoms with E-state index in [0.717, 1.165) is 39.0 Å². The lowest BCUT2D eigenvalue weighted by Crippen LogP contribution is -2.53. The van der Waals surface area contributed by atoms with Gasteiger partial charge < -0.3 is 9.84 Å². The molecule has 0 aromatic heterocycles. The van der Waals surface area contributed by atoms with Gasteiger partial charge in [-0.1, -0.05) is 6.92 Å². The van der Waals surface area contributed by atoms with E-state index in [1.165, 1.54) is 0 Å². The van der Waals surface area contributed by atoms with E-state index >= 15 is 0 Å². The maximum Gasteiger partial charge on any atom is 0.308 e. The Hall–Kier alpha value is -0.610. The van der Waals surface area contributed by atoms with Gasteiger partial charge in [0.15, 0.2) is 0 Å². The summed E-state index contributed by atoms with van der Waals surface area (Å²) in [7, 11) is 0. The number of morpholine rings is 1. The highest BCUT2D eigenvalue weighted by Gasteiger charge is 2.38. The van der Waals surface area contributed by atoms with Gasteiger partial charge in [-0.2, -0.15) is 0 Å². The van der Waals surface area contributed by atoms with Crippen LogP contribution in [0, 0.1) is 11.8 Å². The fourth-order valence-electron chi connectivity index (χ4n) is 3.19.